The molecule has 2 unspecified atom stereocenters. The summed E-state index contributed by atoms with van der Waals surface area (Å²) >= 11 is 0. The van der Waals surface area contributed by atoms with Crippen LogP contribution >= 0.6 is 0 Å². The average Bonchev–Trinajstić information content (AvgIpc) is 2.06. The maximum atomic E-state index is 10.5. The van der Waals surface area contributed by atoms with Gasteiger partial charge in [-0.25, -0.2) is 4.79 Å². The minimum Gasteiger partial charge on any atom is -0.479 e. The van der Waals surface area contributed by atoms with Crippen LogP contribution in [0.15, 0.2) is 0 Å². The van der Waals surface area contributed by atoms with E-state index in [1.165, 1.54) is 6.92 Å². The van der Waals surface area contributed by atoms with E-state index in [9.17, 15) is 9.90 Å². The van der Waals surface area contributed by atoms with Gasteiger partial charge in [0.1, 0.15) is 0 Å². The fourth-order valence-electron chi connectivity index (χ4n) is 0.757. The molecule has 0 saturated heterocycles. The first kappa shape index (κ1) is 12.3. The van der Waals surface area contributed by atoms with E-state index in [0.717, 1.165) is 0 Å². The van der Waals surface area contributed by atoms with Gasteiger partial charge in [0.2, 0.25) is 0 Å². The summed E-state index contributed by atoms with van der Waals surface area (Å²) in [5, 5.41) is 29.4. The van der Waals surface area contributed by atoms with Crippen LogP contribution in [0.5, 0.6) is 0 Å². The molecule has 0 aromatic heterocycles. The van der Waals surface area contributed by atoms with Crippen LogP contribution < -0.4 is 5.32 Å². The molecule has 0 aliphatic rings. The monoisotopic (exact) mass is 191 g/mol. The number of hydrogen-bond donors (Lipinski definition) is 4. The van der Waals surface area contributed by atoms with Crippen molar-refractivity contribution in [3.63, 3.8) is 0 Å². The highest BCUT2D eigenvalue weighted by Gasteiger charge is 2.29. The Kier molecular flexibility index (Phi) is 4.90. The van der Waals surface area contributed by atoms with Gasteiger partial charge in [0.15, 0.2) is 5.60 Å². The van der Waals surface area contributed by atoms with Crippen molar-refractivity contribution >= 4 is 5.97 Å². The topological polar surface area (TPSA) is 89.8 Å². The third-order valence-electron chi connectivity index (χ3n) is 1.91. The molecule has 0 aromatic rings. The van der Waals surface area contributed by atoms with Crippen molar-refractivity contribution in [2.45, 2.75) is 31.9 Å². The second-order valence-corrected chi connectivity index (χ2v) is 3.25. The summed E-state index contributed by atoms with van der Waals surface area (Å²) in [5.74, 6) is -1.27. The van der Waals surface area contributed by atoms with Gasteiger partial charge in [-0.05, 0) is 13.3 Å². The van der Waals surface area contributed by atoms with Crippen LogP contribution in [0.3, 0.4) is 0 Å². The molecule has 0 spiro atoms. The standard InChI is InChI=1S/C8H17NO4/c1-3-6(4-10)9-5-8(2,13)7(11)12/h6,9-10,13H,3-5H2,1-2H3,(H,11,12). The number of carboxylic acid groups (broad SMARTS) is 1. The van der Waals surface area contributed by atoms with Crippen LogP contribution in [0.1, 0.15) is 20.3 Å². The number of nitrogens with one attached hydrogen (secondary N) is 1. The molecule has 0 aliphatic carbocycles. The molecule has 0 amide bonds. The van der Waals surface area contributed by atoms with E-state index in [1.807, 2.05) is 6.92 Å². The molecule has 0 bridgehead atoms. The van der Waals surface area contributed by atoms with Gasteiger partial charge >= 0.3 is 5.97 Å². The molecule has 13 heavy (non-hydrogen) atoms. The molecule has 78 valence electrons. The molecule has 0 rings (SSSR count). The molecule has 0 heterocycles. The normalized spacial score (nSPS) is 17.8. The third kappa shape index (κ3) is 4.21. The maximum Gasteiger partial charge on any atom is 0.336 e. The van der Waals surface area contributed by atoms with E-state index in [-0.39, 0.29) is 19.2 Å². The second kappa shape index (κ2) is 5.16. The van der Waals surface area contributed by atoms with Gasteiger partial charge < -0.3 is 20.6 Å². The van der Waals surface area contributed by atoms with Crippen molar-refractivity contribution in [1.82, 2.24) is 5.32 Å². The number of carbonyl (C=O) groups is 1. The fourth-order valence-corrected chi connectivity index (χ4v) is 0.757. The van der Waals surface area contributed by atoms with Gasteiger partial charge in [0.05, 0.1) is 6.61 Å². The highest BCUT2D eigenvalue weighted by Crippen LogP contribution is 2.02. The molecule has 4 N–H and O–H groups in total. The molecule has 0 aromatic carbocycles. The Hall–Kier alpha value is -0.650. The largest absolute Gasteiger partial charge is 0.479 e. The number of aliphatic hydroxyl groups excluding tert-OH is 1. The summed E-state index contributed by atoms with van der Waals surface area (Å²) in [5.41, 5.74) is -1.78. The Morgan fingerprint density at radius 2 is 2.15 bits per heavy atom. The SMILES string of the molecule is CCC(CO)NCC(C)(O)C(=O)O. The van der Waals surface area contributed by atoms with Gasteiger partial charge in [-0.15, -0.1) is 0 Å². The van der Waals surface area contributed by atoms with Crippen LogP contribution in [0, 0.1) is 0 Å². The van der Waals surface area contributed by atoms with Gasteiger partial charge in [0, 0.05) is 12.6 Å². The lowest BCUT2D eigenvalue weighted by atomic mass is 10.1. The lowest BCUT2D eigenvalue weighted by molar-refractivity contribution is -0.156. The summed E-state index contributed by atoms with van der Waals surface area (Å²) in [6.45, 7) is 2.95. The molecule has 5 heteroatoms. The van der Waals surface area contributed by atoms with Crippen LogP contribution in [0.25, 0.3) is 0 Å². The first-order chi connectivity index (χ1) is 5.94. The van der Waals surface area contributed by atoms with Crippen molar-refractivity contribution in [1.29, 1.82) is 0 Å². The minimum absolute atomic E-state index is 0.0633. The van der Waals surface area contributed by atoms with Crippen LogP contribution in [0.2, 0.25) is 0 Å². The predicted molar refractivity (Wildman–Crippen MR) is 47.4 cm³/mol. The van der Waals surface area contributed by atoms with E-state index >= 15 is 0 Å². The molecule has 2 atom stereocenters. The molecular formula is C8H17NO4. The number of rotatable bonds is 6. The Morgan fingerprint density at radius 1 is 1.62 bits per heavy atom. The van der Waals surface area contributed by atoms with E-state index in [4.69, 9.17) is 10.2 Å². The zero-order chi connectivity index (χ0) is 10.5. The van der Waals surface area contributed by atoms with Gasteiger partial charge in [-0.2, -0.15) is 0 Å². The zero-order valence-electron chi connectivity index (χ0n) is 7.95. The minimum atomic E-state index is -1.78. The first-order valence-electron chi connectivity index (χ1n) is 4.24. The highest BCUT2D eigenvalue weighted by molar-refractivity contribution is 5.76. The smallest absolute Gasteiger partial charge is 0.336 e. The summed E-state index contributed by atoms with van der Waals surface area (Å²) in [6, 6.07) is -0.161. The van der Waals surface area contributed by atoms with Crippen LogP contribution in [-0.4, -0.2) is 46.1 Å². The van der Waals surface area contributed by atoms with E-state index < -0.39 is 11.6 Å². The lowest BCUT2D eigenvalue weighted by Crippen LogP contribution is -2.48. The number of hydrogen-bond acceptors (Lipinski definition) is 4. The summed E-state index contributed by atoms with van der Waals surface area (Å²) in [4.78, 5) is 10.5. The lowest BCUT2D eigenvalue weighted by Gasteiger charge is -2.22. The first-order valence-corrected chi connectivity index (χ1v) is 4.24. The van der Waals surface area contributed by atoms with Crippen molar-refractivity contribution < 1.29 is 20.1 Å². The number of carboxylic acids is 1. The van der Waals surface area contributed by atoms with Crippen LogP contribution in [0.4, 0.5) is 0 Å². The molecule has 0 radical (unpaired) electrons. The molecule has 0 aliphatic heterocycles. The van der Waals surface area contributed by atoms with E-state index in [2.05, 4.69) is 5.32 Å². The van der Waals surface area contributed by atoms with E-state index in [0.29, 0.717) is 6.42 Å². The zero-order valence-corrected chi connectivity index (χ0v) is 7.95. The Morgan fingerprint density at radius 3 is 2.46 bits per heavy atom. The Bertz CT molecular complexity index is 166. The van der Waals surface area contributed by atoms with Crippen molar-refractivity contribution in [2.75, 3.05) is 13.2 Å². The fraction of sp³-hybridized carbons (Fsp3) is 0.875. The predicted octanol–water partition coefficient (Wildman–Crippen LogP) is -0.817. The van der Waals surface area contributed by atoms with E-state index in [1.54, 1.807) is 0 Å². The third-order valence-corrected chi connectivity index (χ3v) is 1.91. The number of aliphatic carboxylic acids is 1. The molecule has 0 saturated carbocycles. The van der Waals surface area contributed by atoms with Crippen molar-refractivity contribution in [3.8, 4) is 0 Å². The summed E-state index contributed by atoms with van der Waals surface area (Å²) in [6.07, 6.45) is 0.687. The quantitative estimate of drug-likeness (QED) is 0.440. The molecule has 0 fully saturated rings. The molecular weight excluding hydrogens is 174 g/mol. The van der Waals surface area contributed by atoms with Crippen molar-refractivity contribution in [2.24, 2.45) is 0 Å². The van der Waals surface area contributed by atoms with Gasteiger partial charge in [-0.1, -0.05) is 6.92 Å². The summed E-state index contributed by atoms with van der Waals surface area (Å²) < 4.78 is 0. The van der Waals surface area contributed by atoms with Gasteiger partial charge in [-0.3, -0.25) is 0 Å². The van der Waals surface area contributed by atoms with Gasteiger partial charge in [0.25, 0.3) is 0 Å². The number of aliphatic hydroxyl groups is 2. The molecule has 5 nitrogen and oxygen atoms in total. The van der Waals surface area contributed by atoms with Crippen LogP contribution in [-0.2, 0) is 4.79 Å². The Balaban J connectivity index is 3.92. The summed E-state index contributed by atoms with van der Waals surface area (Å²) in [7, 11) is 0. The highest BCUT2D eigenvalue weighted by atomic mass is 16.4. The maximum absolute atomic E-state index is 10.5. The Labute approximate surface area is 77.4 Å². The van der Waals surface area contributed by atoms with Crippen molar-refractivity contribution in [3.05, 3.63) is 0 Å². The average molecular weight is 191 g/mol. The second-order valence-electron chi connectivity index (χ2n) is 3.25.